The first kappa shape index (κ1) is 12.2. The maximum Gasteiger partial charge on any atom is 0.225 e. The minimum Gasteiger partial charge on any atom is -0.286 e. The predicted octanol–water partition coefficient (Wildman–Crippen LogP) is 3.57. The molecule has 0 bridgehead atoms. The number of allylic oxidation sites excluding steroid dienone is 4. The van der Waals surface area contributed by atoms with Crippen LogP contribution in [-0.2, 0) is 4.79 Å². The van der Waals surface area contributed by atoms with Crippen molar-refractivity contribution >= 4 is 6.29 Å². The van der Waals surface area contributed by atoms with E-state index in [2.05, 4.69) is 19.1 Å². The van der Waals surface area contributed by atoms with Crippen LogP contribution in [0.5, 0.6) is 0 Å². The first-order chi connectivity index (χ1) is 6.41. The van der Waals surface area contributed by atoms with Crippen molar-refractivity contribution in [2.45, 2.75) is 45.4 Å². The standard InChI is InChI=1S/C12H19O/c1-2-3-4-5-6-7-8-9-10-11-12-13/h7-8,10-11H,2-6,9H2,1H3/b8-7+,11-10+. The molecule has 13 heavy (non-hydrogen) atoms. The highest BCUT2D eigenvalue weighted by molar-refractivity contribution is 5.65. The highest BCUT2D eigenvalue weighted by atomic mass is 16.1. The van der Waals surface area contributed by atoms with Crippen LogP contribution in [0.25, 0.3) is 0 Å². The Kier molecular flexibility index (Phi) is 10.4. The SMILES string of the molecule is CCCCCC/C=C/C/C=C/[C]=O. The first-order valence-corrected chi connectivity index (χ1v) is 5.09. The fourth-order valence-corrected chi connectivity index (χ4v) is 1.10. The molecule has 0 amide bonds. The zero-order chi connectivity index (χ0) is 9.78. The van der Waals surface area contributed by atoms with Crippen molar-refractivity contribution in [2.75, 3.05) is 0 Å². The Bertz CT molecular complexity index is 157. The number of rotatable bonds is 8. The van der Waals surface area contributed by atoms with Gasteiger partial charge in [0, 0.05) is 0 Å². The zero-order valence-corrected chi connectivity index (χ0v) is 8.46. The summed E-state index contributed by atoms with van der Waals surface area (Å²) >= 11 is 0. The van der Waals surface area contributed by atoms with E-state index < -0.39 is 0 Å². The van der Waals surface area contributed by atoms with Gasteiger partial charge in [-0.25, -0.2) is 0 Å². The van der Waals surface area contributed by atoms with Crippen LogP contribution in [0.2, 0.25) is 0 Å². The van der Waals surface area contributed by atoms with Crippen molar-refractivity contribution in [3.63, 3.8) is 0 Å². The normalized spacial score (nSPS) is 11.5. The van der Waals surface area contributed by atoms with E-state index in [0.717, 1.165) is 6.42 Å². The number of hydrogen-bond acceptors (Lipinski definition) is 1. The molecule has 0 N–H and O–H groups in total. The molecule has 0 fully saturated rings. The van der Waals surface area contributed by atoms with Crippen LogP contribution in [-0.4, -0.2) is 6.29 Å². The van der Waals surface area contributed by atoms with Crippen LogP contribution >= 0.6 is 0 Å². The van der Waals surface area contributed by atoms with Gasteiger partial charge in [-0.15, -0.1) is 0 Å². The summed E-state index contributed by atoms with van der Waals surface area (Å²) in [6.45, 7) is 2.22. The molecule has 1 nitrogen and oxygen atoms in total. The van der Waals surface area contributed by atoms with Crippen LogP contribution in [0.4, 0.5) is 0 Å². The van der Waals surface area contributed by atoms with E-state index in [1.807, 2.05) is 6.08 Å². The summed E-state index contributed by atoms with van der Waals surface area (Å²) in [5, 5.41) is 0. The molecule has 0 aromatic carbocycles. The molecule has 0 spiro atoms. The Morgan fingerprint density at radius 1 is 1.08 bits per heavy atom. The van der Waals surface area contributed by atoms with Crippen molar-refractivity contribution in [3.8, 4) is 0 Å². The average molecular weight is 179 g/mol. The quantitative estimate of drug-likeness (QED) is 0.316. The Morgan fingerprint density at radius 3 is 2.62 bits per heavy atom. The molecule has 0 saturated heterocycles. The second-order valence-electron chi connectivity index (χ2n) is 3.08. The highest BCUT2D eigenvalue weighted by Crippen LogP contribution is 2.03. The monoisotopic (exact) mass is 179 g/mol. The molecular weight excluding hydrogens is 160 g/mol. The van der Waals surface area contributed by atoms with Crippen LogP contribution in [0.3, 0.4) is 0 Å². The van der Waals surface area contributed by atoms with Gasteiger partial charge in [0.05, 0.1) is 0 Å². The summed E-state index contributed by atoms with van der Waals surface area (Å²) in [6, 6.07) is 0. The molecule has 0 aromatic heterocycles. The van der Waals surface area contributed by atoms with Crippen molar-refractivity contribution in [1.82, 2.24) is 0 Å². The van der Waals surface area contributed by atoms with Crippen molar-refractivity contribution in [1.29, 1.82) is 0 Å². The summed E-state index contributed by atoms with van der Waals surface area (Å²) in [7, 11) is 0. The van der Waals surface area contributed by atoms with E-state index in [0.29, 0.717) is 0 Å². The second kappa shape index (κ2) is 11.2. The van der Waals surface area contributed by atoms with Crippen LogP contribution in [0, 0.1) is 0 Å². The topological polar surface area (TPSA) is 17.1 Å². The number of unbranched alkanes of at least 4 members (excludes halogenated alkanes) is 4. The lowest BCUT2D eigenvalue weighted by molar-refractivity contribution is 0.564. The molecule has 73 valence electrons. The third kappa shape index (κ3) is 11.1. The summed E-state index contributed by atoms with van der Waals surface area (Å²) in [4.78, 5) is 9.78. The minimum atomic E-state index is 0.850. The molecule has 0 heterocycles. The third-order valence-corrected chi connectivity index (χ3v) is 1.85. The van der Waals surface area contributed by atoms with Crippen molar-refractivity contribution in [3.05, 3.63) is 24.3 Å². The van der Waals surface area contributed by atoms with Gasteiger partial charge in [0.1, 0.15) is 0 Å². The molecule has 0 unspecified atom stereocenters. The smallest absolute Gasteiger partial charge is 0.225 e. The minimum absolute atomic E-state index is 0.850. The van der Waals surface area contributed by atoms with E-state index in [-0.39, 0.29) is 0 Å². The molecule has 0 aromatic rings. The van der Waals surface area contributed by atoms with Crippen molar-refractivity contribution < 1.29 is 4.79 Å². The molecule has 0 atom stereocenters. The van der Waals surface area contributed by atoms with Gasteiger partial charge in [0.15, 0.2) is 0 Å². The Morgan fingerprint density at radius 2 is 1.92 bits per heavy atom. The van der Waals surface area contributed by atoms with Crippen LogP contribution in [0.15, 0.2) is 24.3 Å². The fraction of sp³-hybridized carbons (Fsp3) is 0.583. The third-order valence-electron chi connectivity index (χ3n) is 1.85. The van der Waals surface area contributed by atoms with Gasteiger partial charge in [-0.2, -0.15) is 0 Å². The van der Waals surface area contributed by atoms with Gasteiger partial charge in [0.2, 0.25) is 6.29 Å². The van der Waals surface area contributed by atoms with Gasteiger partial charge >= 0.3 is 0 Å². The molecule has 1 heteroatoms. The zero-order valence-electron chi connectivity index (χ0n) is 8.46. The molecular formula is C12H19O. The lowest BCUT2D eigenvalue weighted by Gasteiger charge is -1.93. The average Bonchev–Trinajstić information content (AvgIpc) is 2.16. The van der Waals surface area contributed by atoms with Gasteiger partial charge in [0.25, 0.3) is 0 Å². The second-order valence-corrected chi connectivity index (χ2v) is 3.08. The number of hydrogen-bond donors (Lipinski definition) is 0. The molecule has 0 aliphatic carbocycles. The fourth-order valence-electron chi connectivity index (χ4n) is 1.10. The largest absolute Gasteiger partial charge is 0.286 e. The molecule has 1 radical (unpaired) electrons. The van der Waals surface area contributed by atoms with Gasteiger partial charge in [-0.3, -0.25) is 4.79 Å². The van der Waals surface area contributed by atoms with Crippen LogP contribution in [0.1, 0.15) is 45.4 Å². The highest BCUT2D eigenvalue weighted by Gasteiger charge is 1.83. The number of carbonyl (C=O) groups excluding carboxylic acids is 1. The van der Waals surface area contributed by atoms with Gasteiger partial charge in [-0.1, -0.05) is 44.4 Å². The van der Waals surface area contributed by atoms with Gasteiger partial charge < -0.3 is 0 Å². The Labute approximate surface area is 81.5 Å². The maximum absolute atomic E-state index is 9.78. The molecule has 0 rings (SSSR count). The molecule has 0 aliphatic heterocycles. The molecule has 0 aliphatic rings. The molecule has 0 saturated carbocycles. The summed E-state index contributed by atoms with van der Waals surface area (Å²) in [5.41, 5.74) is 0. The van der Waals surface area contributed by atoms with E-state index in [1.54, 1.807) is 6.29 Å². The van der Waals surface area contributed by atoms with E-state index in [9.17, 15) is 4.79 Å². The summed E-state index contributed by atoms with van der Waals surface area (Å²) in [6.07, 6.45) is 16.5. The van der Waals surface area contributed by atoms with E-state index in [4.69, 9.17) is 0 Å². The van der Waals surface area contributed by atoms with E-state index in [1.165, 1.54) is 38.2 Å². The Hall–Kier alpha value is -0.850. The summed E-state index contributed by atoms with van der Waals surface area (Å²) in [5.74, 6) is 0. The predicted molar refractivity (Wildman–Crippen MR) is 57.3 cm³/mol. The lowest BCUT2D eigenvalue weighted by Crippen LogP contribution is -1.73. The van der Waals surface area contributed by atoms with Gasteiger partial charge in [-0.05, 0) is 25.3 Å². The maximum atomic E-state index is 9.78. The van der Waals surface area contributed by atoms with E-state index >= 15 is 0 Å². The first-order valence-electron chi connectivity index (χ1n) is 5.09. The summed E-state index contributed by atoms with van der Waals surface area (Å²) < 4.78 is 0. The van der Waals surface area contributed by atoms with Crippen molar-refractivity contribution in [2.24, 2.45) is 0 Å². The lowest BCUT2D eigenvalue weighted by atomic mass is 10.1. The van der Waals surface area contributed by atoms with Crippen LogP contribution < -0.4 is 0 Å². The Balaban J connectivity index is 3.12.